The van der Waals surface area contributed by atoms with Crippen molar-refractivity contribution in [1.82, 2.24) is 10.2 Å². The number of carbonyl (C=O) groups excluding carboxylic acids is 3. The molecule has 138 valence electrons. The number of amides is 2. The van der Waals surface area contributed by atoms with Crippen LogP contribution >= 0.6 is 0 Å². The van der Waals surface area contributed by atoms with Gasteiger partial charge in [0.15, 0.2) is 0 Å². The topological polar surface area (TPSA) is 75.7 Å². The maximum atomic E-state index is 12.6. The summed E-state index contributed by atoms with van der Waals surface area (Å²) in [5.41, 5.74) is 0.871. The van der Waals surface area contributed by atoms with Crippen molar-refractivity contribution in [3.63, 3.8) is 0 Å². The SMILES string of the molecule is CC(C)[C@@H](C(=O)N[C@H](C=O)C(C)C)N(C)C(=O)OCc1ccccc1. The van der Waals surface area contributed by atoms with E-state index in [1.807, 2.05) is 58.0 Å². The number of carbonyl (C=O) groups is 3. The van der Waals surface area contributed by atoms with E-state index in [1.165, 1.54) is 11.9 Å². The Bertz CT molecular complexity index is 572. The maximum Gasteiger partial charge on any atom is 0.410 e. The molecule has 0 bridgehead atoms. The first-order valence-electron chi connectivity index (χ1n) is 8.47. The Kier molecular flexibility index (Phi) is 8.11. The molecular weight excluding hydrogens is 320 g/mol. The van der Waals surface area contributed by atoms with Crippen molar-refractivity contribution >= 4 is 18.3 Å². The summed E-state index contributed by atoms with van der Waals surface area (Å²) in [5, 5.41) is 2.70. The molecule has 0 spiro atoms. The van der Waals surface area contributed by atoms with Gasteiger partial charge in [-0.05, 0) is 17.4 Å². The Morgan fingerprint density at radius 3 is 2.20 bits per heavy atom. The van der Waals surface area contributed by atoms with Crippen molar-refractivity contribution in [3.8, 4) is 0 Å². The van der Waals surface area contributed by atoms with Crippen LogP contribution in [-0.2, 0) is 20.9 Å². The van der Waals surface area contributed by atoms with Gasteiger partial charge in [0.25, 0.3) is 0 Å². The highest BCUT2D eigenvalue weighted by molar-refractivity contribution is 5.87. The number of hydrogen-bond donors (Lipinski definition) is 1. The average molecular weight is 348 g/mol. The summed E-state index contributed by atoms with van der Waals surface area (Å²) < 4.78 is 5.29. The van der Waals surface area contributed by atoms with Gasteiger partial charge >= 0.3 is 6.09 Å². The first kappa shape index (κ1) is 20.7. The largest absolute Gasteiger partial charge is 0.445 e. The number of likely N-dealkylation sites (N-methyl/N-ethyl adjacent to an activating group) is 1. The van der Waals surface area contributed by atoms with Crippen LogP contribution in [0.5, 0.6) is 0 Å². The van der Waals surface area contributed by atoms with Gasteiger partial charge in [0, 0.05) is 7.05 Å². The molecule has 0 aromatic heterocycles. The van der Waals surface area contributed by atoms with Gasteiger partial charge in [-0.2, -0.15) is 0 Å². The average Bonchev–Trinajstić information content (AvgIpc) is 2.57. The number of rotatable bonds is 8. The molecule has 0 radical (unpaired) electrons. The smallest absolute Gasteiger partial charge is 0.410 e. The molecule has 0 heterocycles. The third-order valence-electron chi connectivity index (χ3n) is 3.98. The second-order valence-corrected chi connectivity index (χ2v) is 6.75. The van der Waals surface area contributed by atoms with Gasteiger partial charge in [-0.3, -0.25) is 9.69 Å². The Morgan fingerprint density at radius 1 is 1.12 bits per heavy atom. The number of benzene rings is 1. The zero-order valence-corrected chi connectivity index (χ0v) is 15.6. The molecule has 25 heavy (non-hydrogen) atoms. The molecule has 6 heteroatoms. The van der Waals surface area contributed by atoms with E-state index in [-0.39, 0.29) is 24.3 Å². The van der Waals surface area contributed by atoms with Crippen LogP contribution in [0.2, 0.25) is 0 Å². The van der Waals surface area contributed by atoms with Crippen LogP contribution in [0, 0.1) is 11.8 Å². The van der Waals surface area contributed by atoms with Gasteiger partial charge in [-0.15, -0.1) is 0 Å². The zero-order valence-electron chi connectivity index (χ0n) is 15.6. The number of nitrogens with one attached hydrogen (secondary N) is 1. The predicted molar refractivity (Wildman–Crippen MR) is 95.8 cm³/mol. The summed E-state index contributed by atoms with van der Waals surface area (Å²) in [6.45, 7) is 7.52. The molecule has 0 aliphatic carbocycles. The Balaban J connectivity index is 2.74. The van der Waals surface area contributed by atoms with E-state index in [1.54, 1.807) is 0 Å². The van der Waals surface area contributed by atoms with E-state index in [4.69, 9.17) is 4.74 Å². The monoisotopic (exact) mass is 348 g/mol. The summed E-state index contributed by atoms with van der Waals surface area (Å²) in [6, 6.07) is 8.03. The van der Waals surface area contributed by atoms with E-state index in [0.717, 1.165) is 5.56 Å². The molecular formula is C19H28N2O4. The Labute approximate surface area is 149 Å². The second-order valence-electron chi connectivity index (χ2n) is 6.75. The van der Waals surface area contributed by atoms with Crippen LogP contribution in [0.25, 0.3) is 0 Å². The molecule has 1 aromatic rings. The van der Waals surface area contributed by atoms with Crippen molar-refractivity contribution < 1.29 is 19.1 Å². The van der Waals surface area contributed by atoms with Gasteiger partial charge in [-0.25, -0.2) is 4.79 Å². The molecule has 0 aliphatic rings. The van der Waals surface area contributed by atoms with Crippen molar-refractivity contribution in [2.75, 3.05) is 7.05 Å². The van der Waals surface area contributed by atoms with Crippen LogP contribution in [0.1, 0.15) is 33.3 Å². The van der Waals surface area contributed by atoms with Gasteiger partial charge < -0.3 is 14.8 Å². The fourth-order valence-electron chi connectivity index (χ4n) is 2.47. The number of nitrogens with zero attached hydrogens (tertiary/aromatic N) is 1. The molecule has 1 N–H and O–H groups in total. The molecule has 0 saturated carbocycles. The lowest BCUT2D eigenvalue weighted by molar-refractivity contribution is -0.129. The van der Waals surface area contributed by atoms with Crippen LogP contribution in [0.3, 0.4) is 0 Å². The van der Waals surface area contributed by atoms with Crippen LogP contribution in [0.15, 0.2) is 30.3 Å². The van der Waals surface area contributed by atoms with Gasteiger partial charge in [-0.1, -0.05) is 58.0 Å². The van der Waals surface area contributed by atoms with Gasteiger partial charge in [0.1, 0.15) is 18.9 Å². The van der Waals surface area contributed by atoms with E-state index in [9.17, 15) is 14.4 Å². The Morgan fingerprint density at radius 2 is 1.72 bits per heavy atom. The minimum absolute atomic E-state index is 0.0235. The third kappa shape index (κ3) is 6.21. The van der Waals surface area contributed by atoms with Crippen molar-refractivity contribution in [2.24, 2.45) is 11.8 Å². The lowest BCUT2D eigenvalue weighted by atomic mass is 10.00. The summed E-state index contributed by atoms with van der Waals surface area (Å²) in [4.78, 5) is 37.3. The maximum absolute atomic E-state index is 12.6. The van der Waals surface area contributed by atoms with Crippen LogP contribution in [0.4, 0.5) is 4.79 Å². The highest BCUT2D eigenvalue weighted by Gasteiger charge is 2.32. The standard InChI is InChI=1S/C19H28N2O4/c1-13(2)16(11-22)20-18(23)17(14(3)4)21(5)19(24)25-12-15-9-7-6-8-10-15/h6-11,13-14,16-17H,12H2,1-5H3,(H,20,23)/t16-,17+/m1/s1. The quantitative estimate of drug-likeness (QED) is 0.733. The Hall–Kier alpha value is -2.37. The van der Waals surface area contributed by atoms with E-state index in [2.05, 4.69) is 5.32 Å². The summed E-state index contributed by atoms with van der Waals surface area (Å²) in [6.07, 6.45) is 0.137. The van der Waals surface area contributed by atoms with E-state index < -0.39 is 18.2 Å². The predicted octanol–water partition coefficient (Wildman–Crippen LogP) is 2.62. The molecule has 1 rings (SSSR count). The fraction of sp³-hybridized carbons (Fsp3) is 0.526. The lowest BCUT2D eigenvalue weighted by Crippen LogP contribution is -2.54. The minimum atomic E-state index is -0.718. The fourth-order valence-corrected chi connectivity index (χ4v) is 2.47. The molecule has 1 aromatic carbocycles. The highest BCUT2D eigenvalue weighted by Crippen LogP contribution is 2.13. The lowest BCUT2D eigenvalue weighted by Gasteiger charge is -2.31. The van der Waals surface area contributed by atoms with Crippen LogP contribution < -0.4 is 5.32 Å². The normalized spacial score (nSPS) is 13.2. The van der Waals surface area contributed by atoms with Crippen LogP contribution in [-0.4, -0.2) is 42.3 Å². The molecule has 0 saturated heterocycles. The molecule has 0 fully saturated rings. The van der Waals surface area contributed by atoms with Gasteiger partial charge in [0.05, 0.1) is 6.04 Å². The van der Waals surface area contributed by atoms with Crippen molar-refractivity contribution in [2.45, 2.75) is 46.4 Å². The van der Waals surface area contributed by atoms with Gasteiger partial charge in [0.2, 0.25) is 5.91 Å². The summed E-state index contributed by atoms with van der Waals surface area (Å²) in [7, 11) is 1.53. The van der Waals surface area contributed by atoms with E-state index in [0.29, 0.717) is 6.29 Å². The second kappa shape index (κ2) is 9.81. The first-order valence-corrected chi connectivity index (χ1v) is 8.47. The van der Waals surface area contributed by atoms with Crippen molar-refractivity contribution in [3.05, 3.63) is 35.9 Å². The highest BCUT2D eigenvalue weighted by atomic mass is 16.6. The van der Waals surface area contributed by atoms with Crippen molar-refractivity contribution in [1.29, 1.82) is 0 Å². The third-order valence-corrected chi connectivity index (χ3v) is 3.98. The number of hydrogen-bond acceptors (Lipinski definition) is 4. The molecule has 0 aliphatic heterocycles. The molecule has 0 unspecified atom stereocenters. The molecule has 6 nitrogen and oxygen atoms in total. The first-order chi connectivity index (χ1) is 11.8. The minimum Gasteiger partial charge on any atom is -0.445 e. The summed E-state index contributed by atoms with van der Waals surface area (Å²) >= 11 is 0. The molecule has 2 amide bonds. The molecule has 2 atom stereocenters. The zero-order chi connectivity index (χ0) is 19.0. The summed E-state index contributed by atoms with van der Waals surface area (Å²) in [5.74, 6) is -0.515. The number of ether oxygens (including phenoxy) is 1. The number of aldehydes is 1. The van der Waals surface area contributed by atoms with E-state index >= 15 is 0 Å².